The van der Waals surface area contributed by atoms with E-state index in [0.717, 1.165) is 5.71 Å². The molecule has 0 aromatic rings. The van der Waals surface area contributed by atoms with E-state index in [1.54, 1.807) is 0 Å². The minimum absolute atomic E-state index is 0.154. The molecular formula is C7H17N3O. The molecule has 4 nitrogen and oxygen atoms in total. The van der Waals surface area contributed by atoms with Crippen molar-refractivity contribution in [3.8, 4) is 0 Å². The van der Waals surface area contributed by atoms with E-state index in [2.05, 4.69) is 5.16 Å². The second kappa shape index (κ2) is 6.12. The van der Waals surface area contributed by atoms with Crippen LogP contribution in [0.2, 0.25) is 0 Å². The quantitative estimate of drug-likeness (QED) is 0.435. The van der Waals surface area contributed by atoms with Crippen molar-refractivity contribution in [2.45, 2.75) is 13.8 Å². The lowest BCUT2D eigenvalue weighted by Crippen LogP contribution is -2.29. The molecule has 0 heterocycles. The lowest BCUT2D eigenvalue weighted by molar-refractivity contribution is 0.157. The van der Waals surface area contributed by atoms with E-state index in [1.807, 2.05) is 13.8 Å². The zero-order chi connectivity index (χ0) is 8.69. The molecule has 11 heavy (non-hydrogen) atoms. The van der Waals surface area contributed by atoms with E-state index in [4.69, 9.17) is 16.3 Å². The Bertz CT molecular complexity index is 121. The summed E-state index contributed by atoms with van der Waals surface area (Å²) in [4.78, 5) is 4.86. The van der Waals surface area contributed by atoms with Gasteiger partial charge in [-0.05, 0) is 13.8 Å². The van der Waals surface area contributed by atoms with Crippen molar-refractivity contribution in [3.63, 3.8) is 0 Å². The summed E-state index contributed by atoms with van der Waals surface area (Å²) in [7, 11) is 0. The molecule has 0 aliphatic rings. The second-order valence-electron chi connectivity index (χ2n) is 2.32. The number of nitrogens with two attached hydrogens (primary N) is 2. The molecule has 0 amide bonds. The normalized spacial score (nSPS) is 12.3. The standard InChI is InChI=1S/C7H17N3O/c1-3-11-10-6(2)7(4-8)5-9/h7H,3-5,8-9H2,1-2H3. The molecule has 0 atom stereocenters. The predicted octanol–water partition coefficient (Wildman–Crippen LogP) is -0.0676. The smallest absolute Gasteiger partial charge is 0.114 e. The van der Waals surface area contributed by atoms with Gasteiger partial charge in [0, 0.05) is 19.0 Å². The van der Waals surface area contributed by atoms with Crippen molar-refractivity contribution < 1.29 is 4.84 Å². The molecule has 66 valence electrons. The van der Waals surface area contributed by atoms with Crippen molar-refractivity contribution in [1.29, 1.82) is 0 Å². The summed E-state index contributed by atoms with van der Waals surface area (Å²) >= 11 is 0. The van der Waals surface area contributed by atoms with Crippen LogP contribution in [-0.4, -0.2) is 25.4 Å². The highest BCUT2D eigenvalue weighted by molar-refractivity contribution is 5.84. The number of rotatable bonds is 5. The summed E-state index contributed by atoms with van der Waals surface area (Å²) in [6.07, 6.45) is 0. The Morgan fingerprint density at radius 2 is 2.00 bits per heavy atom. The summed E-state index contributed by atoms with van der Waals surface area (Å²) in [5.41, 5.74) is 11.8. The van der Waals surface area contributed by atoms with Gasteiger partial charge in [0.05, 0.1) is 5.71 Å². The van der Waals surface area contributed by atoms with Gasteiger partial charge in [0.25, 0.3) is 0 Å². The van der Waals surface area contributed by atoms with E-state index in [-0.39, 0.29) is 5.92 Å². The summed E-state index contributed by atoms with van der Waals surface area (Å²) in [6.45, 7) is 5.40. The number of hydrogen-bond donors (Lipinski definition) is 2. The molecule has 0 aromatic carbocycles. The van der Waals surface area contributed by atoms with E-state index >= 15 is 0 Å². The molecule has 0 saturated carbocycles. The predicted molar refractivity (Wildman–Crippen MR) is 46.3 cm³/mol. The third-order valence-electron chi connectivity index (χ3n) is 1.50. The van der Waals surface area contributed by atoms with Crippen LogP contribution in [0, 0.1) is 5.92 Å². The fraction of sp³-hybridized carbons (Fsp3) is 0.857. The average Bonchev–Trinajstić information content (AvgIpc) is 2.03. The van der Waals surface area contributed by atoms with Gasteiger partial charge in [0.2, 0.25) is 0 Å². The summed E-state index contributed by atoms with van der Waals surface area (Å²) in [5, 5.41) is 3.84. The van der Waals surface area contributed by atoms with Crippen LogP contribution in [0.3, 0.4) is 0 Å². The maximum atomic E-state index is 5.44. The fourth-order valence-corrected chi connectivity index (χ4v) is 0.678. The largest absolute Gasteiger partial charge is 0.396 e. The Kier molecular flexibility index (Phi) is 5.78. The van der Waals surface area contributed by atoms with Crippen LogP contribution in [0.5, 0.6) is 0 Å². The Hall–Kier alpha value is -0.610. The molecule has 4 heteroatoms. The SMILES string of the molecule is CCON=C(C)C(CN)CN. The number of oxime groups is 1. The first-order valence-corrected chi connectivity index (χ1v) is 3.82. The van der Waals surface area contributed by atoms with E-state index in [0.29, 0.717) is 19.7 Å². The van der Waals surface area contributed by atoms with Crippen LogP contribution in [0.4, 0.5) is 0 Å². The molecule has 0 aliphatic carbocycles. The van der Waals surface area contributed by atoms with Crippen LogP contribution in [0.1, 0.15) is 13.8 Å². The number of nitrogens with zero attached hydrogens (tertiary/aromatic N) is 1. The zero-order valence-corrected chi connectivity index (χ0v) is 7.21. The Morgan fingerprint density at radius 3 is 2.36 bits per heavy atom. The van der Waals surface area contributed by atoms with Gasteiger partial charge in [0.1, 0.15) is 6.61 Å². The summed E-state index contributed by atoms with van der Waals surface area (Å²) in [6, 6.07) is 0. The zero-order valence-electron chi connectivity index (χ0n) is 7.21. The highest BCUT2D eigenvalue weighted by Crippen LogP contribution is 1.95. The molecule has 0 radical (unpaired) electrons. The van der Waals surface area contributed by atoms with E-state index in [9.17, 15) is 0 Å². The van der Waals surface area contributed by atoms with Gasteiger partial charge in [-0.25, -0.2) is 0 Å². The summed E-state index contributed by atoms with van der Waals surface area (Å²) in [5.74, 6) is 0.154. The number of hydrogen-bond acceptors (Lipinski definition) is 4. The van der Waals surface area contributed by atoms with Crippen molar-refractivity contribution in [2.75, 3.05) is 19.7 Å². The van der Waals surface area contributed by atoms with Gasteiger partial charge in [0.15, 0.2) is 0 Å². The average molecular weight is 159 g/mol. The molecule has 0 bridgehead atoms. The van der Waals surface area contributed by atoms with Gasteiger partial charge in [-0.2, -0.15) is 0 Å². The van der Waals surface area contributed by atoms with Crippen LogP contribution in [-0.2, 0) is 4.84 Å². The van der Waals surface area contributed by atoms with Crippen molar-refractivity contribution in [3.05, 3.63) is 0 Å². The Labute approximate surface area is 67.6 Å². The van der Waals surface area contributed by atoms with Gasteiger partial charge in [-0.3, -0.25) is 0 Å². The van der Waals surface area contributed by atoms with Crippen molar-refractivity contribution in [1.82, 2.24) is 0 Å². The molecule has 0 aliphatic heterocycles. The second-order valence-corrected chi connectivity index (χ2v) is 2.32. The van der Waals surface area contributed by atoms with E-state index < -0.39 is 0 Å². The minimum atomic E-state index is 0.154. The maximum absolute atomic E-state index is 5.44. The monoisotopic (exact) mass is 159 g/mol. The van der Waals surface area contributed by atoms with Crippen LogP contribution in [0.15, 0.2) is 5.16 Å². The van der Waals surface area contributed by atoms with Gasteiger partial charge >= 0.3 is 0 Å². The van der Waals surface area contributed by atoms with Gasteiger partial charge < -0.3 is 16.3 Å². The molecule has 4 N–H and O–H groups in total. The van der Waals surface area contributed by atoms with Crippen molar-refractivity contribution >= 4 is 5.71 Å². The molecule has 0 fully saturated rings. The Morgan fingerprint density at radius 1 is 1.45 bits per heavy atom. The molecule has 0 aromatic heterocycles. The molecule has 0 rings (SSSR count). The van der Waals surface area contributed by atoms with Crippen molar-refractivity contribution in [2.24, 2.45) is 22.5 Å². The van der Waals surface area contributed by atoms with E-state index in [1.165, 1.54) is 0 Å². The van der Waals surface area contributed by atoms with Crippen LogP contribution in [0.25, 0.3) is 0 Å². The molecule has 0 unspecified atom stereocenters. The molecule has 0 spiro atoms. The topological polar surface area (TPSA) is 73.6 Å². The maximum Gasteiger partial charge on any atom is 0.114 e. The lowest BCUT2D eigenvalue weighted by atomic mass is 10.1. The van der Waals surface area contributed by atoms with Gasteiger partial charge in [-0.15, -0.1) is 0 Å². The van der Waals surface area contributed by atoms with Crippen LogP contribution >= 0.6 is 0 Å². The highest BCUT2D eigenvalue weighted by atomic mass is 16.6. The molecular weight excluding hydrogens is 142 g/mol. The first kappa shape index (κ1) is 10.4. The first-order valence-electron chi connectivity index (χ1n) is 3.82. The van der Waals surface area contributed by atoms with Crippen LogP contribution < -0.4 is 11.5 Å². The third kappa shape index (κ3) is 3.95. The fourth-order valence-electron chi connectivity index (χ4n) is 0.678. The third-order valence-corrected chi connectivity index (χ3v) is 1.50. The lowest BCUT2D eigenvalue weighted by Gasteiger charge is -2.10. The minimum Gasteiger partial charge on any atom is -0.396 e. The highest BCUT2D eigenvalue weighted by Gasteiger charge is 2.07. The molecule has 0 saturated heterocycles. The summed E-state index contributed by atoms with van der Waals surface area (Å²) < 4.78 is 0. The Balaban J connectivity index is 3.85. The first-order chi connectivity index (χ1) is 5.26. The van der Waals surface area contributed by atoms with Gasteiger partial charge in [-0.1, -0.05) is 5.16 Å².